The van der Waals surface area contributed by atoms with Gasteiger partial charge in [-0.2, -0.15) is 0 Å². The van der Waals surface area contributed by atoms with Gasteiger partial charge in [-0.1, -0.05) is 24.3 Å². The largest absolute Gasteiger partial charge is 0.337 e. The van der Waals surface area contributed by atoms with Crippen molar-refractivity contribution in [2.24, 2.45) is 5.41 Å². The van der Waals surface area contributed by atoms with Crippen LogP contribution >= 0.6 is 0 Å². The standard InChI is InChI=1S/C23H21N5O2/c29-21(19-16-24-12-13-26-19)27-14-9-23(10-15-27)20(18-8-4-5-11-25-18)28(22(23)30)17-6-2-1-3-7-17/h1-8,11-13,16,20H,9-10,14-15H2. The third-order valence-electron chi connectivity index (χ3n) is 6.15. The molecule has 0 N–H and O–H groups in total. The number of rotatable bonds is 3. The summed E-state index contributed by atoms with van der Waals surface area (Å²) in [6, 6.07) is 15.4. The Labute approximate surface area is 174 Å². The number of carbonyl (C=O) groups excluding carboxylic acids is 2. The molecule has 0 saturated carbocycles. The van der Waals surface area contributed by atoms with Crippen LogP contribution in [0, 0.1) is 5.41 Å². The Morgan fingerprint density at radius 3 is 2.37 bits per heavy atom. The second kappa shape index (κ2) is 7.33. The van der Waals surface area contributed by atoms with E-state index in [0.29, 0.717) is 31.6 Å². The first-order valence-electron chi connectivity index (χ1n) is 10.1. The number of carbonyl (C=O) groups is 2. The van der Waals surface area contributed by atoms with Gasteiger partial charge in [-0.15, -0.1) is 0 Å². The topological polar surface area (TPSA) is 79.3 Å². The van der Waals surface area contributed by atoms with Crippen molar-refractivity contribution < 1.29 is 9.59 Å². The maximum Gasteiger partial charge on any atom is 0.274 e. The Morgan fingerprint density at radius 2 is 1.70 bits per heavy atom. The van der Waals surface area contributed by atoms with E-state index in [1.165, 1.54) is 12.4 Å². The molecule has 1 spiro atoms. The molecular weight excluding hydrogens is 378 g/mol. The highest BCUT2D eigenvalue weighted by molar-refractivity contribution is 6.06. The van der Waals surface area contributed by atoms with Gasteiger partial charge in [0.15, 0.2) is 0 Å². The molecule has 2 aliphatic rings. The van der Waals surface area contributed by atoms with E-state index in [9.17, 15) is 9.59 Å². The molecule has 0 bridgehead atoms. The fourth-order valence-corrected chi connectivity index (χ4v) is 4.63. The molecule has 4 heterocycles. The minimum atomic E-state index is -0.538. The molecule has 1 unspecified atom stereocenters. The van der Waals surface area contributed by atoms with Crippen molar-refractivity contribution in [2.75, 3.05) is 18.0 Å². The summed E-state index contributed by atoms with van der Waals surface area (Å²) in [7, 11) is 0. The highest BCUT2D eigenvalue weighted by atomic mass is 16.2. The fourth-order valence-electron chi connectivity index (χ4n) is 4.63. The molecule has 1 aromatic carbocycles. The number of likely N-dealkylation sites (tertiary alicyclic amines) is 1. The van der Waals surface area contributed by atoms with Crippen LogP contribution in [0.2, 0.25) is 0 Å². The number of piperidine rings is 1. The Balaban J connectivity index is 1.42. The predicted molar refractivity (Wildman–Crippen MR) is 111 cm³/mol. The van der Waals surface area contributed by atoms with E-state index >= 15 is 0 Å². The molecule has 1 atom stereocenters. The fraction of sp³-hybridized carbons (Fsp3) is 0.261. The van der Waals surface area contributed by atoms with Crippen molar-refractivity contribution in [1.29, 1.82) is 0 Å². The number of anilines is 1. The number of hydrogen-bond acceptors (Lipinski definition) is 5. The van der Waals surface area contributed by atoms with Gasteiger partial charge in [-0.25, -0.2) is 4.98 Å². The van der Waals surface area contributed by atoms with Crippen LogP contribution in [0.3, 0.4) is 0 Å². The van der Waals surface area contributed by atoms with Crippen molar-refractivity contribution in [2.45, 2.75) is 18.9 Å². The lowest BCUT2D eigenvalue weighted by atomic mass is 9.63. The Morgan fingerprint density at radius 1 is 0.933 bits per heavy atom. The van der Waals surface area contributed by atoms with E-state index in [1.54, 1.807) is 17.3 Å². The van der Waals surface area contributed by atoms with Crippen LogP contribution in [0.25, 0.3) is 0 Å². The minimum absolute atomic E-state index is 0.107. The molecule has 7 nitrogen and oxygen atoms in total. The van der Waals surface area contributed by atoms with Crippen LogP contribution in [0.5, 0.6) is 0 Å². The normalized spacial score (nSPS) is 20.1. The van der Waals surface area contributed by atoms with E-state index in [1.807, 2.05) is 53.4 Å². The number of amides is 2. The maximum atomic E-state index is 13.4. The van der Waals surface area contributed by atoms with Gasteiger partial charge >= 0.3 is 0 Å². The number of aromatic nitrogens is 3. The number of benzene rings is 1. The van der Waals surface area contributed by atoms with Gasteiger partial charge in [0.2, 0.25) is 5.91 Å². The molecule has 2 aliphatic heterocycles. The van der Waals surface area contributed by atoms with Crippen LogP contribution in [0.15, 0.2) is 73.3 Å². The molecule has 5 rings (SSSR count). The van der Waals surface area contributed by atoms with Gasteiger partial charge in [0.1, 0.15) is 5.69 Å². The van der Waals surface area contributed by atoms with Crippen LogP contribution in [0.4, 0.5) is 5.69 Å². The molecule has 7 heteroatoms. The van der Waals surface area contributed by atoms with Crippen molar-refractivity contribution in [3.05, 3.63) is 84.7 Å². The summed E-state index contributed by atoms with van der Waals surface area (Å²) >= 11 is 0. The molecule has 0 aliphatic carbocycles. The summed E-state index contributed by atoms with van der Waals surface area (Å²) in [5.41, 5.74) is 1.56. The monoisotopic (exact) mass is 399 g/mol. The summed E-state index contributed by atoms with van der Waals surface area (Å²) in [5, 5.41) is 0. The quantitative estimate of drug-likeness (QED) is 0.633. The van der Waals surface area contributed by atoms with E-state index in [2.05, 4.69) is 15.0 Å². The first-order chi connectivity index (χ1) is 14.7. The number of pyridine rings is 1. The zero-order valence-electron chi connectivity index (χ0n) is 16.4. The zero-order valence-corrected chi connectivity index (χ0v) is 16.4. The molecule has 0 radical (unpaired) electrons. The lowest BCUT2D eigenvalue weighted by Crippen LogP contribution is -2.67. The van der Waals surface area contributed by atoms with Crippen LogP contribution in [-0.4, -0.2) is 44.8 Å². The molecule has 30 heavy (non-hydrogen) atoms. The molecule has 2 fully saturated rings. The second-order valence-corrected chi connectivity index (χ2v) is 7.71. The number of nitrogens with zero attached hydrogens (tertiary/aromatic N) is 5. The summed E-state index contributed by atoms with van der Waals surface area (Å²) in [5.74, 6) is -0.0324. The van der Waals surface area contributed by atoms with Crippen LogP contribution in [0.1, 0.15) is 35.1 Å². The summed E-state index contributed by atoms with van der Waals surface area (Å²) in [4.78, 5) is 42.5. The molecule has 2 amide bonds. The van der Waals surface area contributed by atoms with Gasteiger partial charge < -0.3 is 9.80 Å². The van der Waals surface area contributed by atoms with Gasteiger partial charge in [0, 0.05) is 37.4 Å². The first kappa shape index (κ1) is 18.4. The first-order valence-corrected chi connectivity index (χ1v) is 10.1. The van der Waals surface area contributed by atoms with Crippen molar-refractivity contribution in [3.63, 3.8) is 0 Å². The molecule has 2 aromatic heterocycles. The minimum Gasteiger partial charge on any atom is -0.337 e. The SMILES string of the molecule is O=C(c1cnccn1)N1CCC2(CC1)C(=O)N(c1ccccc1)C2c1ccccn1. The number of hydrogen-bond donors (Lipinski definition) is 0. The number of β-lactam (4-membered cyclic amide) rings is 1. The lowest BCUT2D eigenvalue weighted by Gasteiger charge is -2.58. The highest BCUT2D eigenvalue weighted by Gasteiger charge is 2.62. The summed E-state index contributed by atoms with van der Waals surface area (Å²) < 4.78 is 0. The number of para-hydroxylation sites is 1. The third-order valence-corrected chi connectivity index (χ3v) is 6.15. The maximum absolute atomic E-state index is 13.4. The Kier molecular flexibility index (Phi) is 4.50. The van der Waals surface area contributed by atoms with E-state index in [-0.39, 0.29) is 17.9 Å². The van der Waals surface area contributed by atoms with E-state index in [0.717, 1.165) is 11.4 Å². The lowest BCUT2D eigenvalue weighted by molar-refractivity contribution is -0.144. The molecule has 2 saturated heterocycles. The Hall–Kier alpha value is -3.61. The van der Waals surface area contributed by atoms with Crippen LogP contribution < -0.4 is 4.90 Å². The van der Waals surface area contributed by atoms with Gasteiger partial charge in [-0.3, -0.25) is 19.6 Å². The average molecular weight is 399 g/mol. The third kappa shape index (κ3) is 2.85. The van der Waals surface area contributed by atoms with Crippen LogP contribution in [-0.2, 0) is 4.79 Å². The highest BCUT2D eigenvalue weighted by Crippen LogP contribution is 2.57. The molecule has 150 valence electrons. The summed E-state index contributed by atoms with van der Waals surface area (Å²) in [6.45, 7) is 1.01. The van der Waals surface area contributed by atoms with E-state index in [4.69, 9.17) is 0 Å². The van der Waals surface area contributed by atoms with Crippen molar-refractivity contribution in [1.82, 2.24) is 19.9 Å². The van der Waals surface area contributed by atoms with E-state index < -0.39 is 5.41 Å². The zero-order chi connectivity index (χ0) is 20.6. The smallest absolute Gasteiger partial charge is 0.274 e. The molecular formula is C23H21N5O2. The summed E-state index contributed by atoms with van der Waals surface area (Å²) in [6.07, 6.45) is 7.51. The van der Waals surface area contributed by atoms with Crippen molar-refractivity contribution >= 4 is 17.5 Å². The molecule has 3 aromatic rings. The van der Waals surface area contributed by atoms with Gasteiger partial charge in [0.25, 0.3) is 5.91 Å². The predicted octanol–water partition coefficient (Wildman–Crippen LogP) is 2.88. The van der Waals surface area contributed by atoms with Gasteiger partial charge in [-0.05, 0) is 37.1 Å². The Bertz CT molecular complexity index is 1050. The second-order valence-electron chi connectivity index (χ2n) is 7.71. The van der Waals surface area contributed by atoms with Crippen molar-refractivity contribution in [3.8, 4) is 0 Å². The van der Waals surface area contributed by atoms with Gasteiger partial charge in [0.05, 0.1) is 23.3 Å². The average Bonchev–Trinajstić information content (AvgIpc) is 2.83.